The third-order valence-electron chi connectivity index (χ3n) is 2.06. The third kappa shape index (κ3) is 2.21. The maximum atomic E-state index is 11.2. The fraction of sp³-hybridized carbons (Fsp3) is 0.625. The fourth-order valence-electron chi connectivity index (χ4n) is 1.21. The van der Waals surface area contributed by atoms with Gasteiger partial charge in [-0.25, -0.2) is 0 Å². The first-order chi connectivity index (χ1) is 6.52. The van der Waals surface area contributed by atoms with Gasteiger partial charge in [-0.3, -0.25) is 14.4 Å². The van der Waals surface area contributed by atoms with Gasteiger partial charge in [0.2, 0.25) is 0 Å². The van der Waals surface area contributed by atoms with Crippen molar-refractivity contribution in [3.8, 4) is 0 Å². The lowest BCUT2D eigenvalue weighted by atomic mass is 10.1. The average Bonchev–Trinajstić information content (AvgIpc) is 2.12. The number of carbonyl (C=O) groups excluding carboxylic acids is 2. The van der Waals surface area contributed by atoms with Gasteiger partial charge in [0.25, 0.3) is 0 Å². The smallest absolute Gasteiger partial charge is 0.311 e. The molecule has 1 rings (SSSR count). The molecule has 0 aromatic heterocycles. The standard InChI is InChI=1S/C8H12N2O4/c1-5(8(13)14)4-10-3-2-9-6(11)7(10)12/h5H,2-4H2,1H3,(H,9,11)(H,13,14). The maximum Gasteiger partial charge on any atom is 0.311 e. The fourth-order valence-corrected chi connectivity index (χ4v) is 1.21. The van der Waals surface area contributed by atoms with Crippen LogP contribution in [0.4, 0.5) is 0 Å². The lowest BCUT2D eigenvalue weighted by Gasteiger charge is -2.27. The normalized spacial score (nSPS) is 19.1. The molecule has 2 N–H and O–H groups in total. The molecular weight excluding hydrogens is 188 g/mol. The minimum absolute atomic E-state index is 0.0849. The number of amides is 2. The monoisotopic (exact) mass is 200 g/mol. The molecule has 6 heteroatoms. The summed E-state index contributed by atoms with van der Waals surface area (Å²) in [5, 5.41) is 11.0. The minimum Gasteiger partial charge on any atom is -0.481 e. The summed E-state index contributed by atoms with van der Waals surface area (Å²) >= 11 is 0. The number of hydrogen-bond donors (Lipinski definition) is 2. The van der Waals surface area contributed by atoms with E-state index in [-0.39, 0.29) is 6.54 Å². The van der Waals surface area contributed by atoms with Gasteiger partial charge in [-0.1, -0.05) is 6.92 Å². The lowest BCUT2D eigenvalue weighted by Crippen LogP contribution is -2.53. The maximum absolute atomic E-state index is 11.2. The predicted octanol–water partition coefficient (Wildman–Crippen LogP) is -1.33. The van der Waals surface area contributed by atoms with Crippen LogP contribution in [0.15, 0.2) is 0 Å². The first-order valence-electron chi connectivity index (χ1n) is 4.32. The molecule has 1 fully saturated rings. The Morgan fingerprint density at radius 3 is 2.86 bits per heavy atom. The molecule has 0 bridgehead atoms. The average molecular weight is 200 g/mol. The van der Waals surface area contributed by atoms with Crippen LogP contribution in [-0.2, 0) is 14.4 Å². The highest BCUT2D eigenvalue weighted by molar-refractivity contribution is 6.35. The van der Waals surface area contributed by atoms with Gasteiger partial charge in [-0.05, 0) is 0 Å². The summed E-state index contributed by atoms with van der Waals surface area (Å²) in [6, 6.07) is 0. The second-order valence-corrected chi connectivity index (χ2v) is 3.25. The number of carboxylic acid groups (broad SMARTS) is 1. The largest absolute Gasteiger partial charge is 0.481 e. The van der Waals surface area contributed by atoms with E-state index in [0.29, 0.717) is 13.1 Å². The molecule has 1 heterocycles. The molecule has 1 aliphatic rings. The number of nitrogens with one attached hydrogen (secondary N) is 1. The molecule has 0 radical (unpaired) electrons. The zero-order valence-electron chi connectivity index (χ0n) is 7.82. The number of hydrogen-bond acceptors (Lipinski definition) is 3. The highest BCUT2D eigenvalue weighted by Gasteiger charge is 2.28. The molecule has 14 heavy (non-hydrogen) atoms. The molecule has 1 aliphatic heterocycles. The summed E-state index contributed by atoms with van der Waals surface area (Å²) in [6.07, 6.45) is 0. The van der Waals surface area contributed by atoms with Gasteiger partial charge in [0.05, 0.1) is 5.92 Å². The number of carboxylic acids is 1. The minimum atomic E-state index is -0.969. The highest BCUT2D eigenvalue weighted by Crippen LogP contribution is 2.03. The Hall–Kier alpha value is -1.59. The van der Waals surface area contributed by atoms with Crippen LogP contribution in [0.25, 0.3) is 0 Å². The van der Waals surface area contributed by atoms with Crippen molar-refractivity contribution >= 4 is 17.8 Å². The molecule has 0 aliphatic carbocycles. The van der Waals surface area contributed by atoms with Crippen molar-refractivity contribution in [1.82, 2.24) is 10.2 Å². The van der Waals surface area contributed by atoms with E-state index in [9.17, 15) is 14.4 Å². The van der Waals surface area contributed by atoms with Crippen molar-refractivity contribution < 1.29 is 19.5 Å². The van der Waals surface area contributed by atoms with Crippen molar-refractivity contribution in [2.75, 3.05) is 19.6 Å². The Kier molecular flexibility index (Phi) is 3.06. The summed E-state index contributed by atoms with van der Waals surface area (Å²) in [4.78, 5) is 33.9. The van der Waals surface area contributed by atoms with Gasteiger partial charge in [0, 0.05) is 19.6 Å². The molecule has 0 saturated carbocycles. The highest BCUT2D eigenvalue weighted by atomic mass is 16.4. The van der Waals surface area contributed by atoms with E-state index >= 15 is 0 Å². The van der Waals surface area contributed by atoms with Gasteiger partial charge in [-0.15, -0.1) is 0 Å². The van der Waals surface area contributed by atoms with Gasteiger partial charge in [0.1, 0.15) is 0 Å². The van der Waals surface area contributed by atoms with Crippen LogP contribution in [0, 0.1) is 5.92 Å². The SMILES string of the molecule is CC(CN1CCNC(=O)C1=O)C(=O)O. The van der Waals surface area contributed by atoms with Crippen molar-refractivity contribution in [3.63, 3.8) is 0 Å². The van der Waals surface area contributed by atoms with Crippen molar-refractivity contribution in [2.45, 2.75) is 6.92 Å². The topological polar surface area (TPSA) is 86.7 Å². The first kappa shape index (κ1) is 10.5. The van der Waals surface area contributed by atoms with Crippen LogP contribution in [-0.4, -0.2) is 47.4 Å². The van der Waals surface area contributed by atoms with Crippen LogP contribution in [0.3, 0.4) is 0 Å². The van der Waals surface area contributed by atoms with Crippen LogP contribution in [0.1, 0.15) is 6.92 Å². The van der Waals surface area contributed by atoms with Gasteiger partial charge in [-0.2, -0.15) is 0 Å². The van der Waals surface area contributed by atoms with Gasteiger partial charge < -0.3 is 15.3 Å². The number of rotatable bonds is 3. The van der Waals surface area contributed by atoms with Crippen molar-refractivity contribution in [3.05, 3.63) is 0 Å². The number of piperazine rings is 1. The van der Waals surface area contributed by atoms with Crippen molar-refractivity contribution in [1.29, 1.82) is 0 Å². The Morgan fingerprint density at radius 1 is 1.64 bits per heavy atom. The molecule has 0 aromatic rings. The summed E-state index contributed by atoms with van der Waals surface area (Å²) < 4.78 is 0. The van der Waals surface area contributed by atoms with Crippen LogP contribution in [0.5, 0.6) is 0 Å². The molecular formula is C8H12N2O4. The van der Waals surface area contributed by atoms with Crippen LogP contribution in [0.2, 0.25) is 0 Å². The summed E-state index contributed by atoms with van der Waals surface area (Å²) in [5.41, 5.74) is 0. The Morgan fingerprint density at radius 2 is 2.29 bits per heavy atom. The molecule has 0 spiro atoms. The summed E-state index contributed by atoms with van der Waals surface area (Å²) in [5.74, 6) is -2.92. The third-order valence-corrected chi connectivity index (χ3v) is 2.06. The zero-order valence-corrected chi connectivity index (χ0v) is 7.82. The summed E-state index contributed by atoms with van der Waals surface area (Å²) in [7, 11) is 0. The Labute approximate surface area is 80.9 Å². The number of nitrogens with zero attached hydrogens (tertiary/aromatic N) is 1. The molecule has 0 aromatic carbocycles. The van der Waals surface area contributed by atoms with Crippen LogP contribution < -0.4 is 5.32 Å². The Bertz CT molecular complexity index is 277. The number of aliphatic carboxylic acids is 1. The molecule has 1 saturated heterocycles. The molecule has 6 nitrogen and oxygen atoms in total. The molecule has 2 amide bonds. The Balaban J connectivity index is 2.55. The second-order valence-electron chi connectivity index (χ2n) is 3.25. The van der Waals surface area contributed by atoms with E-state index in [2.05, 4.69) is 5.32 Å². The number of carbonyl (C=O) groups is 3. The molecule has 1 unspecified atom stereocenters. The van der Waals surface area contributed by atoms with Gasteiger partial charge in [0.15, 0.2) is 0 Å². The zero-order chi connectivity index (χ0) is 10.7. The second kappa shape index (κ2) is 4.08. The lowest BCUT2D eigenvalue weighted by molar-refractivity contribution is -0.150. The summed E-state index contributed by atoms with van der Waals surface area (Å²) in [6.45, 7) is 2.35. The van der Waals surface area contributed by atoms with E-state index in [1.54, 1.807) is 0 Å². The first-order valence-corrected chi connectivity index (χ1v) is 4.32. The van der Waals surface area contributed by atoms with Crippen molar-refractivity contribution in [2.24, 2.45) is 5.92 Å². The predicted molar refractivity (Wildman–Crippen MR) is 46.4 cm³/mol. The van der Waals surface area contributed by atoms with E-state index < -0.39 is 23.7 Å². The van der Waals surface area contributed by atoms with E-state index in [1.165, 1.54) is 11.8 Å². The van der Waals surface area contributed by atoms with E-state index in [4.69, 9.17) is 5.11 Å². The van der Waals surface area contributed by atoms with Gasteiger partial charge >= 0.3 is 17.8 Å². The van der Waals surface area contributed by atoms with E-state index in [0.717, 1.165) is 0 Å². The molecule has 1 atom stereocenters. The van der Waals surface area contributed by atoms with E-state index in [1.807, 2.05) is 0 Å². The molecule has 78 valence electrons. The quantitative estimate of drug-likeness (QED) is 0.552. The van der Waals surface area contributed by atoms with Crippen LogP contribution >= 0.6 is 0 Å².